The van der Waals surface area contributed by atoms with Crippen LogP contribution >= 0.6 is 11.3 Å². The summed E-state index contributed by atoms with van der Waals surface area (Å²) in [5, 5.41) is 9.69. The first-order valence-electron chi connectivity index (χ1n) is 3.60. The highest BCUT2D eigenvalue weighted by Gasteiger charge is 2.01. The first-order valence-corrected chi connectivity index (χ1v) is 4.48. The maximum Gasteiger partial charge on any atom is 0.256 e. The number of hydrogen-bond acceptors (Lipinski definition) is 6. The van der Waals surface area contributed by atoms with E-state index in [4.69, 9.17) is 5.84 Å². The average Bonchev–Trinajstić information content (AvgIpc) is 2.71. The van der Waals surface area contributed by atoms with Crippen molar-refractivity contribution in [3.8, 4) is 10.6 Å². The van der Waals surface area contributed by atoms with Crippen LogP contribution in [-0.4, -0.2) is 15.2 Å². The van der Waals surface area contributed by atoms with Crippen molar-refractivity contribution in [1.29, 1.82) is 0 Å². The van der Waals surface area contributed by atoms with Crippen molar-refractivity contribution in [3.05, 3.63) is 23.7 Å². The van der Waals surface area contributed by atoms with Crippen LogP contribution in [-0.2, 0) is 0 Å². The van der Waals surface area contributed by atoms with Gasteiger partial charge in [-0.15, -0.1) is 21.5 Å². The second-order valence-corrected chi connectivity index (χ2v) is 3.24. The van der Waals surface area contributed by atoms with Gasteiger partial charge in [0, 0.05) is 0 Å². The van der Waals surface area contributed by atoms with Crippen LogP contribution in [0.1, 0.15) is 0 Å². The normalized spacial score (nSPS) is 9.92. The zero-order valence-electron chi connectivity index (χ0n) is 6.64. The van der Waals surface area contributed by atoms with Crippen LogP contribution in [0.4, 0.5) is 5.95 Å². The van der Waals surface area contributed by atoms with Gasteiger partial charge in [0.05, 0.1) is 11.1 Å². The number of anilines is 1. The number of hydrazine groups is 1. The standard InChI is InChI=1S/C7H7N5S/c8-10-7-9-4-5(11-12-7)6-2-1-3-13-6/h1-4H,8H2,(H,9,10,12). The zero-order valence-corrected chi connectivity index (χ0v) is 7.45. The van der Waals surface area contributed by atoms with Gasteiger partial charge in [-0.25, -0.2) is 10.8 Å². The topological polar surface area (TPSA) is 76.7 Å². The molecular weight excluding hydrogens is 186 g/mol. The quantitative estimate of drug-likeness (QED) is 0.547. The maximum absolute atomic E-state index is 5.11. The number of nitrogens with two attached hydrogens (primary N) is 1. The fraction of sp³-hybridized carbons (Fsp3) is 0. The van der Waals surface area contributed by atoms with E-state index in [1.807, 2.05) is 17.5 Å². The Morgan fingerprint density at radius 3 is 2.85 bits per heavy atom. The number of nitrogens with one attached hydrogen (secondary N) is 1. The minimum atomic E-state index is 0.320. The molecule has 13 heavy (non-hydrogen) atoms. The molecule has 0 atom stereocenters. The molecule has 0 radical (unpaired) electrons. The summed E-state index contributed by atoms with van der Waals surface area (Å²) in [6.07, 6.45) is 1.63. The molecule has 0 unspecified atom stereocenters. The van der Waals surface area contributed by atoms with Crippen LogP contribution in [0.3, 0.4) is 0 Å². The molecule has 0 spiro atoms. The molecule has 0 aliphatic heterocycles. The first-order chi connectivity index (χ1) is 6.40. The number of nitrogens with zero attached hydrogens (tertiary/aromatic N) is 3. The van der Waals surface area contributed by atoms with Gasteiger partial charge in [-0.05, 0) is 11.4 Å². The second-order valence-electron chi connectivity index (χ2n) is 2.29. The Labute approximate surface area is 78.6 Å². The Hall–Kier alpha value is -1.53. The van der Waals surface area contributed by atoms with E-state index >= 15 is 0 Å². The summed E-state index contributed by atoms with van der Waals surface area (Å²) < 4.78 is 0. The smallest absolute Gasteiger partial charge is 0.256 e. The van der Waals surface area contributed by atoms with E-state index in [2.05, 4.69) is 20.6 Å². The zero-order chi connectivity index (χ0) is 9.10. The molecule has 2 heterocycles. The summed E-state index contributed by atoms with van der Waals surface area (Å²) in [5.41, 5.74) is 3.08. The Morgan fingerprint density at radius 2 is 2.31 bits per heavy atom. The molecule has 6 heteroatoms. The van der Waals surface area contributed by atoms with Gasteiger partial charge >= 0.3 is 0 Å². The Bertz CT molecular complexity index is 368. The van der Waals surface area contributed by atoms with E-state index in [0.29, 0.717) is 5.95 Å². The molecule has 0 saturated heterocycles. The van der Waals surface area contributed by atoms with E-state index in [1.165, 1.54) is 0 Å². The fourth-order valence-electron chi connectivity index (χ4n) is 0.878. The van der Waals surface area contributed by atoms with Crippen molar-refractivity contribution in [2.24, 2.45) is 5.84 Å². The van der Waals surface area contributed by atoms with E-state index in [-0.39, 0.29) is 0 Å². The van der Waals surface area contributed by atoms with Gasteiger partial charge < -0.3 is 0 Å². The number of rotatable bonds is 2. The molecule has 0 aliphatic carbocycles. The van der Waals surface area contributed by atoms with Crippen LogP contribution in [0.25, 0.3) is 10.6 Å². The third-order valence-corrected chi connectivity index (χ3v) is 2.36. The van der Waals surface area contributed by atoms with Crippen molar-refractivity contribution in [2.75, 3.05) is 5.43 Å². The minimum absolute atomic E-state index is 0.320. The van der Waals surface area contributed by atoms with Crippen LogP contribution in [0.2, 0.25) is 0 Å². The molecule has 0 fully saturated rings. The Morgan fingerprint density at radius 1 is 1.38 bits per heavy atom. The summed E-state index contributed by atoms with van der Waals surface area (Å²) in [5.74, 6) is 5.43. The number of thiophene rings is 1. The second kappa shape index (κ2) is 3.46. The lowest BCUT2D eigenvalue weighted by atomic mass is 10.4. The molecule has 66 valence electrons. The number of hydrogen-bond donors (Lipinski definition) is 2. The molecule has 2 aromatic rings. The van der Waals surface area contributed by atoms with E-state index in [1.54, 1.807) is 17.5 Å². The lowest BCUT2D eigenvalue weighted by Crippen LogP contribution is -2.10. The Balaban J connectivity index is 2.33. The predicted molar refractivity (Wildman–Crippen MR) is 51.0 cm³/mol. The lowest BCUT2D eigenvalue weighted by Gasteiger charge is -1.96. The van der Waals surface area contributed by atoms with Gasteiger partial charge in [0.2, 0.25) is 0 Å². The van der Waals surface area contributed by atoms with E-state index in [0.717, 1.165) is 10.6 Å². The van der Waals surface area contributed by atoms with Gasteiger partial charge in [0.15, 0.2) is 0 Å². The highest BCUT2D eigenvalue weighted by atomic mass is 32.1. The highest BCUT2D eigenvalue weighted by Crippen LogP contribution is 2.20. The molecule has 0 saturated carbocycles. The molecule has 5 nitrogen and oxygen atoms in total. The van der Waals surface area contributed by atoms with Gasteiger partial charge in [-0.1, -0.05) is 6.07 Å². The van der Waals surface area contributed by atoms with Gasteiger partial charge in [0.25, 0.3) is 5.95 Å². The monoisotopic (exact) mass is 193 g/mol. The van der Waals surface area contributed by atoms with Crippen molar-refractivity contribution < 1.29 is 0 Å². The lowest BCUT2D eigenvalue weighted by molar-refractivity contribution is 0.970. The largest absolute Gasteiger partial charge is 0.291 e. The van der Waals surface area contributed by atoms with Crippen LogP contribution in [0, 0.1) is 0 Å². The van der Waals surface area contributed by atoms with E-state index in [9.17, 15) is 0 Å². The summed E-state index contributed by atoms with van der Waals surface area (Å²) in [4.78, 5) is 5.00. The third kappa shape index (κ3) is 1.63. The maximum atomic E-state index is 5.11. The first kappa shape index (κ1) is 8.09. The van der Waals surface area contributed by atoms with Gasteiger partial charge in [-0.2, -0.15) is 0 Å². The fourth-order valence-corrected chi connectivity index (χ4v) is 1.55. The minimum Gasteiger partial charge on any atom is -0.291 e. The van der Waals surface area contributed by atoms with Crippen LogP contribution in [0.5, 0.6) is 0 Å². The summed E-state index contributed by atoms with van der Waals surface area (Å²) in [6, 6.07) is 3.92. The summed E-state index contributed by atoms with van der Waals surface area (Å²) >= 11 is 1.60. The summed E-state index contributed by atoms with van der Waals surface area (Å²) in [7, 11) is 0. The third-order valence-electron chi connectivity index (χ3n) is 1.46. The highest BCUT2D eigenvalue weighted by molar-refractivity contribution is 7.13. The molecule has 0 aromatic carbocycles. The van der Waals surface area contributed by atoms with Crippen LogP contribution in [0.15, 0.2) is 23.7 Å². The number of aromatic nitrogens is 3. The molecule has 0 aliphatic rings. The molecule has 3 N–H and O–H groups in total. The van der Waals surface area contributed by atoms with Crippen LogP contribution < -0.4 is 11.3 Å². The van der Waals surface area contributed by atoms with Crippen molar-refractivity contribution >= 4 is 17.3 Å². The van der Waals surface area contributed by atoms with E-state index < -0.39 is 0 Å². The number of nitrogen functional groups attached to an aromatic ring is 1. The predicted octanol–water partition coefficient (Wildman–Crippen LogP) is 0.886. The molecule has 2 aromatic heterocycles. The molecular formula is C7H7N5S. The van der Waals surface area contributed by atoms with Gasteiger partial charge in [0.1, 0.15) is 5.69 Å². The molecule has 0 bridgehead atoms. The average molecular weight is 193 g/mol. The Kier molecular flexibility index (Phi) is 2.15. The molecule has 2 rings (SSSR count). The molecule has 0 amide bonds. The van der Waals surface area contributed by atoms with Crippen molar-refractivity contribution in [3.63, 3.8) is 0 Å². The SMILES string of the molecule is NNc1ncc(-c2cccs2)nn1. The summed E-state index contributed by atoms with van der Waals surface area (Å²) in [6.45, 7) is 0. The van der Waals surface area contributed by atoms with Crippen molar-refractivity contribution in [1.82, 2.24) is 15.2 Å². The van der Waals surface area contributed by atoms with Gasteiger partial charge in [-0.3, -0.25) is 5.43 Å². The van der Waals surface area contributed by atoms with Crippen molar-refractivity contribution in [2.45, 2.75) is 0 Å².